The van der Waals surface area contributed by atoms with Gasteiger partial charge in [-0.15, -0.1) is 0 Å². The van der Waals surface area contributed by atoms with Crippen molar-refractivity contribution in [2.24, 2.45) is 0 Å². The average Bonchev–Trinajstić information content (AvgIpc) is 2.36. The van der Waals surface area contributed by atoms with Gasteiger partial charge in [0, 0.05) is 10.8 Å². The van der Waals surface area contributed by atoms with Crippen LogP contribution in [0, 0.1) is 0 Å². The number of sulfone groups is 1. The molecule has 3 nitrogen and oxygen atoms in total. The topological polar surface area (TPSA) is 38.6 Å². The summed E-state index contributed by atoms with van der Waals surface area (Å²) in [6.45, 7) is 3.43. The van der Waals surface area contributed by atoms with Crippen molar-refractivity contribution < 1.29 is 13.3 Å². The minimum atomic E-state index is -3.26. The van der Waals surface area contributed by atoms with E-state index >= 15 is 0 Å². The van der Waals surface area contributed by atoms with Crippen molar-refractivity contribution in [2.75, 3.05) is 14.1 Å². The third-order valence-electron chi connectivity index (χ3n) is 3.35. The number of hydrogen-bond acceptors (Lipinski definition) is 2. The van der Waals surface area contributed by atoms with Gasteiger partial charge < -0.3 is 4.90 Å². The molecule has 0 fully saturated rings. The van der Waals surface area contributed by atoms with Crippen LogP contribution in [0.1, 0.15) is 13.8 Å². The SMILES string of the molecule is CC(C)S(=O)(=O)c1cccc2c([NH+](C)C)cccc12. The van der Waals surface area contributed by atoms with E-state index in [1.807, 2.05) is 44.4 Å². The summed E-state index contributed by atoms with van der Waals surface area (Å²) in [6, 6.07) is 11.3. The Hall–Kier alpha value is -1.39. The molecule has 0 atom stereocenters. The van der Waals surface area contributed by atoms with Gasteiger partial charge in [0.15, 0.2) is 9.84 Å². The average molecular weight is 278 g/mol. The van der Waals surface area contributed by atoms with E-state index in [0.717, 1.165) is 16.5 Å². The molecule has 0 spiro atoms. The van der Waals surface area contributed by atoms with Crippen LogP contribution in [-0.2, 0) is 9.84 Å². The Bertz CT molecular complexity index is 703. The van der Waals surface area contributed by atoms with E-state index in [1.54, 1.807) is 19.9 Å². The van der Waals surface area contributed by atoms with Gasteiger partial charge in [-0.05, 0) is 32.0 Å². The summed E-state index contributed by atoms with van der Waals surface area (Å²) in [5.41, 5.74) is 1.11. The minimum absolute atomic E-state index is 0.409. The molecule has 0 unspecified atom stereocenters. The van der Waals surface area contributed by atoms with E-state index in [0.29, 0.717) is 4.90 Å². The van der Waals surface area contributed by atoms with E-state index in [9.17, 15) is 8.42 Å². The number of rotatable bonds is 3. The first-order chi connectivity index (χ1) is 8.85. The third kappa shape index (κ3) is 2.38. The van der Waals surface area contributed by atoms with E-state index in [1.165, 1.54) is 4.90 Å². The van der Waals surface area contributed by atoms with Crippen LogP contribution in [0.4, 0.5) is 5.69 Å². The lowest BCUT2D eigenvalue weighted by atomic mass is 10.1. The van der Waals surface area contributed by atoms with Crippen LogP contribution < -0.4 is 4.90 Å². The number of quaternary nitrogens is 1. The number of nitrogens with one attached hydrogen (secondary N) is 1. The van der Waals surface area contributed by atoms with Crippen molar-refractivity contribution >= 4 is 26.3 Å². The summed E-state index contributed by atoms with van der Waals surface area (Å²) in [5.74, 6) is 0. The Morgan fingerprint density at radius 2 is 1.53 bits per heavy atom. The molecule has 4 heteroatoms. The van der Waals surface area contributed by atoms with Gasteiger partial charge in [-0.3, -0.25) is 0 Å². The first-order valence-electron chi connectivity index (χ1n) is 6.42. The highest BCUT2D eigenvalue weighted by Gasteiger charge is 2.22. The fraction of sp³-hybridized carbons (Fsp3) is 0.333. The minimum Gasteiger partial charge on any atom is -0.307 e. The molecule has 0 aliphatic rings. The highest BCUT2D eigenvalue weighted by molar-refractivity contribution is 7.92. The quantitative estimate of drug-likeness (QED) is 0.930. The summed E-state index contributed by atoms with van der Waals surface area (Å²) in [4.78, 5) is 1.62. The van der Waals surface area contributed by atoms with Crippen LogP contribution in [0.25, 0.3) is 10.8 Å². The maximum Gasteiger partial charge on any atom is 0.181 e. The van der Waals surface area contributed by atoms with Crippen LogP contribution in [0.5, 0.6) is 0 Å². The zero-order valence-corrected chi connectivity index (χ0v) is 12.6. The van der Waals surface area contributed by atoms with Crippen molar-refractivity contribution in [3.63, 3.8) is 0 Å². The fourth-order valence-electron chi connectivity index (χ4n) is 2.22. The predicted octanol–water partition coefficient (Wildman–Crippen LogP) is 1.80. The highest BCUT2D eigenvalue weighted by atomic mass is 32.2. The van der Waals surface area contributed by atoms with E-state index < -0.39 is 15.1 Å². The van der Waals surface area contributed by atoms with Crippen molar-refractivity contribution in [2.45, 2.75) is 24.0 Å². The molecule has 0 amide bonds. The normalized spacial score (nSPS) is 12.5. The van der Waals surface area contributed by atoms with Crippen molar-refractivity contribution in [1.82, 2.24) is 0 Å². The molecule has 0 saturated heterocycles. The molecule has 2 aromatic rings. The van der Waals surface area contributed by atoms with Gasteiger partial charge in [0.1, 0.15) is 5.69 Å². The molecule has 102 valence electrons. The molecule has 0 radical (unpaired) electrons. The van der Waals surface area contributed by atoms with Gasteiger partial charge in [-0.1, -0.05) is 18.2 Å². The summed E-state index contributed by atoms with van der Waals surface area (Å²) in [7, 11) is 0.825. The second-order valence-electron chi connectivity index (χ2n) is 5.25. The van der Waals surface area contributed by atoms with Gasteiger partial charge in [0.2, 0.25) is 0 Å². The molecular formula is C15H20NO2S+. The lowest BCUT2D eigenvalue weighted by Crippen LogP contribution is -3.00. The fourth-order valence-corrected chi connectivity index (χ4v) is 3.48. The lowest BCUT2D eigenvalue weighted by Gasteiger charge is -2.14. The van der Waals surface area contributed by atoms with Gasteiger partial charge in [0.25, 0.3) is 0 Å². The Balaban J connectivity index is 2.83. The second kappa shape index (κ2) is 4.94. The van der Waals surface area contributed by atoms with Gasteiger partial charge in [0.05, 0.1) is 24.2 Å². The number of fused-ring (bicyclic) bond motifs is 1. The maximum absolute atomic E-state index is 12.4. The Morgan fingerprint density at radius 1 is 0.947 bits per heavy atom. The molecule has 2 aromatic carbocycles. The first-order valence-corrected chi connectivity index (χ1v) is 7.96. The van der Waals surface area contributed by atoms with Crippen molar-refractivity contribution in [1.29, 1.82) is 0 Å². The van der Waals surface area contributed by atoms with E-state index in [-0.39, 0.29) is 0 Å². The van der Waals surface area contributed by atoms with Gasteiger partial charge in [-0.2, -0.15) is 0 Å². The van der Waals surface area contributed by atoms with E-state index in [4.69, 9.17) is 0 Å². The van der Waals surface area contributed by atoms with Crippen LogP contribution in [0.2, 0.25) is 0 Å². The van der Waals surface area contributed by atoms with Crippen LogP contribution in [0.3, 0.4) is 0 Å². The number of hydrogen-bond donors (Lipinski definition) is 1. The maximum atomic E-state index is 12.4. The van der Waals surface area contributed by atoms with Crippen LogP contribution >= 0.6 is 0 Å². The van der Waals surface area contributed by atoms with Gasteiger partial charge >= 0.3 is 0 Å². The third-order valence-corrected chi connectivity index (χ3v) is 5.56. The first kappa shape index (κ1) is 14.0. The Labute approximate surface area is 114 Å². The zero-order chi connectivity index (χ0) is 14.2. The molecular weight excluding hydrogens is 258 g/mol. The summed E-state index contributed by atoms with van der Waals surface area (Å²) < 4.78 is 24.8. The molecule has 0 bridgehead atoms. The zero-order valence-electron chi connectivity index (χ0n) is 11.8. The Kier molecular flexibility index (Phi) is 3.65. The monoisotopic (exact) mass is 278 g/mol. The summed E-state index contributed by atoms with van der Waals surface area (Å²) in [6.07, 6.45) is 0. The second-order valence-corrected chi connectivity index (χ2v) is 7.72. The van der Waals surface area contributed by atoms with Crippen LogP contribution in [0.15, 0.2) is 41.3 Å². The molecule has 2 rings (SSSR count). The standard InChI is InChI=1S/C15H19NO2S/c1-11(2)19(17,18)15-10-6-7-12-13(15)8-5-9-14(12)16(3)4/h5-11H,1-4H3/p+1. The largest absolute Gasteiger partial charge is 0.307 e. The Morgan fingerprint density at radius 3 is 2.11 bits per heavy atom. The smallest absolute Gasteiger partial charge is 0.181 e. The van der Waals surface area contributed by atoms with Crippen molar-refractivity contribution in [3.05, 3.63) is 36.4 Å². The van der Waals surface area contributed by atoms with Crippen molar-refractivity contribution in [3.8, 4) is 0 Å². The molecule has 0 aliphatic heterocycles. The molecule has 1 N–H and O–H groups in total. The molecule has 0 saturated carbocycles. The molecule has 0 aromatic heterocycles. The van der Waals surface area contributed by atoms with Crippen LogP contribution in [-0.4, -0.2) is 27.8 Å². The molecule has 0 heterocycles. The number of benzene rings is 2. The van der Waals surface area contributed by atoms with Gasteiger partial charge in [-0.25, -0.2) is 8.42 Å². The summed E-state index contributed by atoms with van der Waals surface area (Å²) in [5, 5.41) is 1.41. The summed E-state index contributed by atoms with van der Waals surface area (Å²) >= 11 is 0. The van der Waals surface area contributed by atoms with E-state index in [2.05, 4.69) is 0 Å². The molecule has 0 aliphatic carbocycles. The predicted molar refractivity (Wildman–Crippen MR) is 78.7 cm³/mol. The molecule has 19 heavy (non-hydrogen) atoms. The highest BCUT2D eigenvalue weighted by Crippen LogP contribution is 2.28. The lowest BCUT2D eigenvalue weighted by molar-refractivity contribution is -0.785.